The average molecular weight is 245 g/mol. The Morgan fingerprint density at radius 3 is 2.94 bits per heavy atom. The lowest BCUT2D eigenvalue weighted by Crippen LogP contribution is -2.24. The molecular weight excluding hydrogens is 226 g/mol. The molecular formula is C14H19N3O. The van der Waals surface area contributed by atoms with Crippen LogP contribution in [0.3, 0.4) is 0 Å². The molecule has 0 aliphatic carbocycles. The van der Waals surface area contributed by atoms with Crippen molar-refractivity contribution in [3.05, 3.63) is 48.0 Å². The smallest absolute Gasteiger partial charge is 0.122 e. The number of nitrogens with one attached hydrogen (secondary N) is 1. The van der Waals surface area contributed by atoms with Crippen molar-refractivity contribution >= 4 is 0 Å². The van der Waals surface area contributed by atoms with Crippen molar-refractivity contribution in [2.45, 2.75) is 33.0 Å². The van der Waals surface area contributed by atoms with E-state index in [4.69, 9.17) is 0 Å². The molecule has 0 spiro atoms. The van der Waals surface area contributed by atoms with E-state index in [1.165, 1.54) is 0 Å². The van der Waals surface area contributed by atoms with E-state index in [-0.39, 0.29) is 0 Å². The minimum atomic E-state index is 0.300. The van der Waals surface area contributed by atoms with Crippen LogP contribution in [0.15, 0.2) is 36.7 Å². The number of aromatic hydroxyl groups is 1. The predicted octanol–water partition coefficient (Wildman–Crippen LogP) is 2.13. The Kier molecular flexibility index (Phi) is 3.99. The summed E-state index contributed by atoms with van der Waals surface area (Å²) in [5, 5.41) is 12.8. The number of phenolic OH excluding ortho intramolecular Hbond substituents is 1. The molecule has 0 amide bonds. The maximum absolute atomic E-state index is 9.45. The fourth-order valence-electron chi connectivity index (χ4n) is 1.80. The summed E-state index contributed by atoms with van der Waals surface area (Å²) >= 11 is 0. The Balaban J connectivity index is 2.07. The SMILES string of the molecule is CC(C)NCc1nccn1Cc1cccc(O)c1. The molecule has 4 heteroatoms. The molecule has 1 aromatic heterocycles. The molecule has 18 heavy (non-hydrogen) atoms. The van der Waals surface area contributed by atoms with Gasteiger partial charge < -0.3 is 15.0 Å². The zero-order valence-electron chi connectivity index (χ0n) is 10.8. The maximum atomic E-state index is 9.45. The van der Waals surface area contributed by atoms with Crippen molar-refractivity contribution in [1.29, 1.82) is 0 Å². The first-order valence-corrected chi connectivity index (χ1v) is 6.16. The molecule has 0 atom stereocenters. The molecule has 0 bridgehead atoms. The lowest BCUT2D eigenvalue weighted by Gasteiger charge is -2.11. The van der Waals surface area contributed by atoms with Crippen molar-refractivity contribution in [1.82, 2.24) is 14.9 Å². The van der Waals surface area contributed by atoms with Crippen LogP contribution in [0.25, 0.3) is 0 Å². The molecule has 0 saturated heterocycles. The first kappa shape index (κ1) is 12.6. The predicted molar refractivity (Wildman–Crippen MR) is 71.4 cm³/mol. The summed E-state index contributed by atoms with van der Waals surface area (Å²) in [4.78, 5) is 4.34. The molecule has 0 radical (unpaired) electrons. The fourth-order valence-corrected chi connectivity index (χ4v) is 1.80. The molecule has 0 saturated carbocycles. The Morgan fingerprint density at radius 2 is 2.22 bits per heavy atom. The van der Waals surface area contributed by atoms with Gasteiger partial charge in [0.2, 0.25) is 0 Å². The van der Waals surface area contributed by atoms with Crippen molar-refractivity contribution in [2.75, 3.05) is 0 Å². The molecule has 0 aliphatic rings. The van der Waals surface area contributed by atoms with Gasteiger partial charge in [0.25, 0.3) is 0 Å². The molecule has 96 valence electrons. The Morgan fingerprint density at radius 1 is 1.39 bits per heavy atom. The van der Waals surface area contributed by atoms with Gasteiger partial charge in [-0.2, -0.15) is 0 Å². The Hall–Kier alpha value is -1.81. The van der Waals surface area contributed by atoms with Gasteiger partial charge in [-0.05, 0) is 17.7 Å². The van der Waals surface area contributed by atoms with Gasteiger partial charge in [-0.1, -0.05) is 26.0 Å². The van der Waals surface area contributed by atoms with Crippen LogP contribution in [0.4, 0.5) is 0 Å². The van der Waals surface area contributed by atoms with E-state index in [1.807, 2.05) is 18.3 Å². The first-order chi connectivity index (χ1) is 8.65. The largest absolute Gasteiger partial charge is 0.508 e. The summed E-state index contributed by atoms with van der Waals surface area (Å²) in [6.07, 6.45) is 3.77. The second-order valence-corrected chi connectivity index (χ2v) is 4.68. The zero-order chi connectivity index (χ0) is 13.0. The van der Waals surface area contributed by atoms with Crippen molar-refractivity contribution < 1.29 is 5.11 Å². The monoisotopic (exact) mass is 245 g/mol. The van der Waals surface area contributed by atoms with E-state index in [0.29, 0.717) is 11.8 Å². The van der Waals surface area contributed by atoms with Crippen LogP contribution in [0.5, 0.6) is 5.75 Å². The van der Waals surface area contributed by atoms with Crippen LogP contribution in [0, 0.1) is 0 Å². The number of hydrogen-bond donors (Lipinski definition) is 2. The number of aromatic nitrogens is 2. The number of rotatable bonds is 5. The van der Waals surface area contributed by atoms with Crippen LogP contribution >= 0.6 is 0 Å². The van der Waals surface area contributed by atoms with E-state index in [2.05, 4.69) is 28.7 Å². The third-order valence-electron chi connectivity index (χ3n) is 2.73. The number of benzene rings is 1. The number of phenols is 1. The normalized spacial score (nSPS) is 11.1. The second-order valence-electron chi connectivity index (χ2n) is 4.68. The first-order valence-electron chi connectivity index (χ1n) is 6.16. The summed E-state index contributed by atoms with van der Waals surface area (Å²) < 4.78 is 2.09. The molecule has 0 fully saturated rings. The highest BCUT2D eigenvalue weighted by Gasteiger charge is 2.04. The highest BCUT2D eigenvalue weighted by Crippen LogP contribution is 2.13. The minimum Gasteiger partial charge on any atom is -0.508 e. The Labute approximate surface area is 107 Å². The third kappa shape index (κ3) is 3.34. The average Bonchev–Trinajstić information content (AvgIpc) is 2.74. The van der Waals surface area contributed by atoms with Gasteiger partial charge in [-0.15, -0.1) is 0 Å². The number of imidazole rings is 1. The molecule has 2 rings (SSSR count). The van der Waals surface area contributed by atoms with E-state index < -0.39 is 0 Å². The summed E-state index contributed by atoms with van der Waals surface area (Å²) in [5.41, 5.74) is 1.07. The summed E-state index contributed by atoms with van der Waals surface area (Å²) in [6, 6.07) is 7.75. The molecule has 0 aliphatic heterocycles. The Bertz CT molecular complexity index is 505. The van der Waals surface area contributed by atoms with E-state index in [0.717, 1.165) is 24.5 Å². The second kappa shape index (κ2) is 5.69. The highest BCUT2D eigenvalue weighted by molar-refractivity contribution is 5.27. The molecule has 2 N–H and O–H groups in total. The quantitative estimate of drug-likeness (QED) is 0.848. The minimum absolute atomic E-state index is 0.300. The molecule has 1 heterocycles. The van der Waals surface area contributed by atoms with Gasteiger partial charge in [0.1, 0.15) is 11.6 Å². The van der Waals surface area contributed by atoms with Crippen molar-refractivity contribution in [2.24, 2.45) is 0 Å². The molecule has 4 nitrogen and oxygen atoms in total. The third-order valence-corrected chi connectivity index (χ3v) is 2.73. The maximum Gasteiger partial charge on any atom is 0.122 e. The lowest BCUT2D eigenvalue weighted by molar-refractivity contribution is 0.474. The van der Waals surface area contributed by atoms with Crippen LogP contribution in [-0.2, 0) is 13.1 Å². The fraction of sp³-hybridized carbons (Fsp3) is 0.357. The standard InChI is InChI=1S/C14H19N3O/c1-11(2)16-9-14-15-6-7-17(14)10-12-4-3-5-13(18)8-12/h3-8,11,16,18H,9-10H2,1-2H3. The number of nitrogens with zero attached hydrogens (tertiary/aromatic N) is 2. The van der Waals surface area contributed by atoms with Gasteiger partial charge in [0, 0.05) is 25.0 Å². The summed E-state index contributed by atoms with van der Waals surface area (Å²) in [7, 11) is 0. The number of hydrogen-bond acceptors (Lipinski definition) is 3. The summed E-state index contributed by atoms with van der Waals surface area (Å²) in [6.45, 7) is 5.71. The summed E-state index contributed by atoms with van der Waals surface area (Å²) in [5.74, 6) is 1.31. The van der Waals surface area contributed by atoms with E-state index in [9.17, 15) is 5.11 Å². The highest BCUT2D eigenvalue weighted by atomic mass is 16.3. The van der Waals surface area contributed by atoms with Crippen LogP contribution in [-0.4, -0.2) is 20.7 Å². The van der Waals surface area contributed by atoms with Crippen molar-refractivity contribution in [3.63, 3.8) is 0 Å². The van der Waals surface area contributed by atoms with Gasteiger partial charge in [0.15, 0.2) is 0 Å². The van der Waals surface area contributed by atoms with Crippen LogP contribution < -0.4 is 5.32 Å². The van der Waals surface area contributed by atoms with Gasteiger partial charge >= 0.3 is 0 Å². The van der Waals surface area contributed by atoms with Crippen molar-refractivity contribution in [3.8, 4) is 5.75 Å². The van der Waals surface area contributed by atoms with Crippen LogP contribution in [0.2, 0.25) is 0 Å². The molecule has 2 aromatic rings. The molecule has 0 unspecified atom stereocenters. The van der Waals surface area contributed by atoms with Gasteiger partial charge in [0.05, 0.1) is 6.54 Å². The van der Waals surface area contributed by atoms with Crippen LogP contribution in [0.1, 0.15) is 25.2 Å². The molecule has 1 aromatic carbocycles. The van der Waals surface area contributed by atoms with Gasteiger partial charge in [-0.3, -0.25) is 0 Å². The topological polar surface area (TPSA) is 50.1 Å². The lowest BCUT2D eigenvalue weighted by atomic mass is 10.2. The zero-order valence-corrected chi connectivity index (χ0v) is 10.8. The van der Waals surface area contributed by atoms with E-state index in [1.54, 1.807) is 18.3 Å². The van der Waals surface area contributed by atoms with E-state index >= 15 is 0 Å². The van der Waals surface area contributed by atoms with Gasteiger partial charge in [-0.25, -0.2) is 4.98 Å².